The lowest BCUT2D eigenvalue weighted by Gasteiger charge is -2.19. The molecule has 0 saturated carbocycles. The molecule has 0 radical (unpaired) electrons. The number of rotatable bonds is 6. The van der Waals surface area contributed by atoms with Crippen LogP contribution in [0.1, 0.15) is 30.8 Å². The first kappa shape index (κ1) is 15.1. The molecule has 112 valence electrons. The maximum absolute atomic E-state index is 12.5. The summed E-state index contributed by atoms with van der Waals surface area (Å²) in [5.74, 6) is -0.453. The number of carbonyl (C=O) groups excluding carboxylic acids is 2. The smallest absolute Gasteiger partial charge is 0.325 e. The fourth-order valence-corrected chi connectivity index (χ4v) is 2.13. The molecule has 1 aromatic heterocycles. The molecule has 0 atom stereocenters. The third kappa shape index (κ3) is 3.62. The van der Waals surface area contributed by atoms with Gasteiger partial charge in [-0.15, -0.1) is 0 Å². The quantitative estimate of drug-likeness (QED) is 0.767. The normalized spacial score (nSPS) is 10.6. The summed E-state index contributed by atoms with van der Waals surface area (Å²) in [4.78, 5) is 25.5. The number of nitrogens with zero attached hydrogens (tertiary/aromatic N) is 1. The first-order valence-electron chi connectivity index (χ1n) is 7.09. The SMILES string of the molecule is CCCN(CC(=O)OCC)C(=O)c1cc2ccccc2o1. The molecule has 21 heavy (non-hydrogen) atoms. The lowest BCUT2D eigenvalue weighted by molar-refractivity contribution is -0.143. The van der Waals surface area contributed by atoms with E-state index in [1.165, 1.54) is 4.90 Å². The van der Waals surface area contributed by atoms with Gasteiger partial charge in [-0.2, -0.15) is 0 Å². The second-order valence-electron chi connectivity index (χ2n) is 4.68. The number of para-hydroxylation sites is 1. The Hall–Kier alpha value is -2.30. The van der Waals surface area contributed by atoms with Crippen LogP contribution in [0.4, 0.5) is 0 Å². The molecule has 2 aromatic rings. The van der Waals surface area contributed by atoms with Gasteiger partial charge in [0.25, 0.3) is 5.91 Å². The van der Waals surface area contributed by atoms with Gasteiger partial charge in [0.1, 0.15) is 12.1 Å². The van der Waals surface area contributed by atoms with Gasteiger partial charge in [-0.25, -0.2) is 0 Å². The van der Waals surface area contributed by atoms with E-state index >= 15 is 0 Å². The van der Waals surface area contributed by atoms with Gasteiger partial charge in [-0.05, 0) is 25.5 Å². The minimum absolute atomic E-state index is 0.0580. The molecule has 0 N–H and O–H groups in total. The van der Waals surface area contributed by atoms with Gasteiger partial charge in [0, 0.05) is 11.9 Å². The third-order valence-electron chi connectivity index (χ3n) is 3.04. The molecule has 0 fully saturated rings. The molecule has 0 aliphatic rings. The number of amides is 1. The van der Waals surface area contributed by atoms with Crippen molar-refractivity contribution >= 4 is 22.8 Å². The van der Waals surface area contributed by atoms with E-state index in [-0.39, 0.29) is 18.2 Å². The van der Waals surface area contributed by atoms with Crippen LogP contribution in [-0.2, 0) is 9.53 Å². The number of fused-ring (bicyclic) bond motifs is 1. The molecule has 1 heterocycles. The van der Waals surface area contributed by atoms with Gasteiger partial charge in [-0.1, -0.05) is 25.1 Å². The molecule has 0 bridgehead atoms. The molecule has 0 unspecified atom stereocenters. The Labute approximate surface area is 123 Å². The van der Waals surface area contributed by atoms with E-state index in [0.717, 1.165) is 11.8 Å². The van der Waals surface area contributed by atoms with Crippen molar-refractivity contribution in [1.82, 2.24) is 4.90 Å². The van der Waals surface area contributed by atoms with E-state index in [0.29, 0.717) is 18.7 Å². The van der Waals surface area contributed by atoms with Crippen LogP contribution in [0.5, 0.6) is 0 Å². The lowest BCUT2D eigenvalue weighted by Crippen LogP contribution is -2.36. The summed E-state index contributed by atoms with van der Waals surface area (Å²) in [6.45, 7) is 4.41. The Morgan fingerprint density at radius 3 is 2.67 bits per heavy atom. The minimum Gasteiger partial charge on any atom is -0.465 e. The van der Waals surface area contributed by atoms with Crippen molar-refractivity contribution in [2.75, 3.05) is 19.7 Å². The molecule has 2 rings (SSSR count). The van der Waals surface area contributed by atoms with Crippen molar-refractivity contribution in [3.63, 3.8) is 0 Å². The Bertz CT molecular complexity index is 599. The van der Waals surface area contributed by atoms with Crippen molar-refractivity contribution < 1.29 is 18.7 Å². The highest BCUT2D eigenvalue weighted by Crippen LogP contribution is 2.20. The number of benzene rings is 1. The van der Waals surface area contributed by atoms with Gasteiger partial charge < -0.3 is 14.1 Å². The molecule has 0 aliphatic carbocycles. The topological polar surface area (TPSA) is 59.8 Å². The van der Waals surface area contributed by atoms with Crippen molar-refractivity contribution in [3.05, 3.63) is 36.1 Å². The summed E-state index contributed by atoms with van der Waals surface area (Å²) >= 11 is 0. The van der Waals surface area contributed by atoms with Crippen molar-refractivity contribution in [1.29, 1.82) is 0 Å². The van der Waals surface area contributed by atoms with Crippen molar-refractivity contribution in [2.24, 2.45) is 0 Å². The summed E-state index contributed by atoms with van der Waals surface area (Å²) in [7, 11) is 0. The van der Waals surface area contributed by atoms with Gasteiger partial charge in [0.15, 0.2) is 5.76 Å². The lowest BCUT2D eigenvalue weighted by atomic mass is 10.2. The average Bonchev–Trinajstić information content (AvgIpc) is 2.90. The Kier molecular flexibility index (Phi) is 4.98. The van der Waals surface area contributed by atoms with Crippen LogP contribution in [-0.4, -0.2) is 36.5 Å². The monoisotopic (exact) mass is 289 g/mol. The first-order chi connectivity index (χ1) is 10.2. The van der Waals surface area contributed by atoms with E-state index in [1.807, 2.05) is 31.2 Å². The van der Waals surface area contributed by atoms with E-state index in [4.69, 9.17) is 9.15 Å². The van der Waals surface area contributed by atoms with Crippen LogP contribution in [0.2, 0.25) is 0 Å². The van der Waals surface area contributed by atoms with Crippen LogP contribution >= 0.6 is 0 Å². The predicted molar refractivity (Wildman–Crippen MR) is 79.0 cm³/mol. The van der Waals surface area contributed by atoms with E-state index in [1.54, 1.807) is 13.0 Å². The van der Waals surface area contributed by atoms with E-state index in [9.17, 15) is 9.59 Å². The zero-order chi connectivity index (χ0) is 15.2. The number of furan rings is 1. The largest absolute Gasteiger partial charge is 0.465 e. The van der Waals surface area contributed by atoms with Crippen LogP contribution in [0.25, 0.3) is 11.0 Å². The maximum atomic E-state index is 12.5. The standard InChI is InChI=1S/C16H19NO4/c1-3-9-17(11-15(18)20-4-2)16(19)14-10-12-7-5-6-8-13(12)21-14/h5-8,10H,3-4,9,11H2,1-2H3. The number of hydrogen-bond acceptors (Lipinski definition) is 4. The average molecular weight is 289 g/mol. The van der Waals surface area contributed by atoms with Crippen molar-refractivity contribution in [2.45, 2.75) is 20.3 Å². The van der Waals surface area contributed by atoms with Crippen LogP contribution in [0.15, 0.2) is 34.7 Å². The summed E-state index contributed by atoms with van der Waals surface area (Å²) in [5.41, 5.74) is 0.661. The molecular formula is C16H19NO4. The molecule has 1 aromatic carbocycles. The predicted octanol–water partition coefficient (Wildman–Crippen LogP) is 2.85. The minimum atomic E-state index is -0.407. The molecule has 0 spiro atoms. The Morgan fingerprint density at radius 2 is 2.00 bits per heavy atom. The summed E-state index contributed by atoms with van der Waals surface area (Å²) in [6, 6.07) is 9.12. The second-order valence-corrected chi connectivity index (χ2v) is 4.68. The van der Waals surface area contributed by atoms with E-state index in [2.05, 4.69) is 0 Å². The van der Waals surface area contributed by atoms with Crippen LogP contribution in [0.3, 0.4) is 0 Å². The third-order valence-corrected chi connectivity index (χ3v) is 3.04. The van der Waals surface area contributed by atoms with Gasteiger partial charge >= 0.3 is 5.97 Å². The van der Waals surface area contributed by atoms with Gasteiger partial charge in [-0.3, -0.25) is 9.59 Å². The number of ether oxygens (including phenoxy) is 1. The molecule has 1 amide bonds. The van der Waals surface area contributed by atoms with Crippen molar-refractivity contribution in [3.8, 4) is 0 Å². The molecule has 0 aliphatic heterocycles. The number of esters is 1. The highest BCUT2D eigenvalue weighted by molar-refractivity contribution is 5.97. The van der Waals surface area contributed by atoms with E-state index < -0.39 is 5.97 Å². The number of carbonyl (C=O) groups is 2. The van der Waals surface area contributed by atoms with Crippen LogP contribution in [0, 0.1) is 0 Å². The molecule has 5 heteroatoms. The van der Waals surface area contributed by atoms with Crippen LogP contribution < -0.4 is 0 Å². The summed E-state index contributed by atoms with van der Waals surface area (Å²) in [5, 5.41) is 0.869. The summed E-state index contributed by atoms with van der Waals surface area (Å²) in [6.07, 6.45) is 0.755. The Balaban J connectivity index is 2.18. The summed E-state index contributed by atoms with van der Waals surface area (Å²) < 4.78 is 10.5. The highest BCUT2D eigenvalue weighted by atomic mass is 16.5. The fourth-order valence-electron chi connectivity index (χ4n) is 2.13. The molecular weight excluding hydrogens is 270 g/mol. The highest BCUT2D eigenvalue weighted by Gasteiger charge is 2.22. The zero-order valence-electron chi connectivity index (χ0n) is 12.3. The zero-order valence-corrected chi connectivity index (χ0v) is 12.3. The maximum Gasteiger partial charge on any atom is 0.325 e. The van der Waals surface area contributed by atoms with Gasteiger partial charge in [0.05, 0.1) is 6.61 Å². The van der Waals surface area contributed by atoms with Gasteiger partial charge in [0.2, 0.25) is 0 Å². The molecule has 0 saturated heterocycles. The fraction of sp³-hybridized carbons (Fsp3) is 0.375. The second kappa shape index (κ2) is 6.92. The number of hydrogen-bond donors (Lipinski definition) is 0. The Morgan fingerprint density at radius 1 is 1.24 bits per heavy atom. The first-order valence-corrected chi connectivity index (χ1v) is 7.09. The molecule has 5 nitrogen and oxygen atoms in total.